The molecule has 0 aliphatic heterocycles. The van der Waals surface area contributed by atoms with Crippen molar-refractivity contribution in [1.29, 1.82) is 0 Å². The maximum absolute atomic E-state index is 11.9. The van der Waals surface area contributed by atoms with E-state index in [0.29, 0.717) is 21.3 Å². The minimum absolute atomic E-state index is 0.152. The summed E-state index contributed by atoms with van der Waals surface area (Å²) in [5.41, 5.74) is 1.14. The molecule has 2 aromatic carbocycles. The van der Waals surface area contributed by atoms with Crippen LogP contribution >= 0.6 is 23.2 Å². The Bertz CT molecular complexity index is 669. The van der Waals surface area contributed by atoms with Gasteiger partial charge in [0.2, 0.25) is 0 Å². The number of carbonyl (C=O) groups is 1. The highest BCUT2D eigenvalue weighted by atomic mass is 35.5. The lowest BCUT2D eigenvalue weighted by Gasteiger charge is -2.01. The molecule has 3 nitrogen and oxygen atoms in total. The van der Waals surface area contributed by atoms with Crippen LogP contribution in [-0.4, -0.2) is 10.9 Å². The van der Waals surface area contributed by atoms with Crippen LogP contribution in [0.3, 0.4) is 0 Å². The SMILES string of the molecule is O=C(C=CNc1cccc(O)c1)c1ccc(Cl)c(Cl)c1. The van der Waals surface area contributed by atoms with Gasteiger partial charge in [-0.25, -0.2) is 0 Å². The number of carbonyl (C=O) groups excluding carboxylic acids is 1. The molecule has 0 saturated carbocycles. The Morgan fingerprint density at radius 3 is 2.60 bits per heavy atom. The smallest absolute Gasteiger partial charge is 0.187 e. The van der Waals surface area contributed by atoms with Crippen LogP contribution in [0.25, 0.3) is 0 Å². The van der Waals surface area contributed by atoms with Crippen molar-refractivity contribution in [2.24, 2.45) is 0 Å². The zero-order chi connectivity index (χ0) is 14.5. The predicted octanol–water partition coefficient (Wildman–Crippen LogP) is 4.51. The van der Waals surface area contributed by atoms with E-state index in [2.05, 4.69) is 5.32 Å². The molecule has 0 heterocycles. The van der Waals surface area contributed by atoms with Crippen molar-refractivity contribution in [3.05, 3.63) is 70.3 Å². The molecule has 0 aliphatic rings. The van der Waals surface area contributed by atoms with Crippen LogP contribution < -0.4 is 5.32 Å². The number of phenols is 1. The lowest BCUT2D eigenvalue weighted by Crippen LogP contribution is -1.96. The second-order valence-corrected chi connectivity index (χ2v) is 4.84. The Kier molecular flexibility index (Phi) is 4.66. The van der Waals surface area contributed by atoms with Crippen LogP contribution in [0, 0.1) is 0 Å². The third-order valence-electron chi connectivity index (χ3n) is 2.53. The quantitative estimate of drug-likeness (QED) is 0.645. The largest absolute Gasteiger partial charge is 0.508 e. The van der Waals surface area contributed by atoms with Crippen molar-refractivity contribution in [1.82, 2.24) is 0 Å². The lowest BCUT2D eigenvalue weighted by molar-refractivity contribution is 0.104. The van der Waals surface area contributed by atoms with Crippen LogP contribution in [-0.2, 0) is 0 Å². The van der Waals surface area contributed by atoms with Crippen molar-refractivity contribution >= 4 is 34.7 Å². The molecular weight excluding hydrogens is 297 g/mol. The van der Waals surface area contributed by atoms with Crippen LogP contribution in [0.5, 0.6) is 5.75 Å². The van der Waals surface area contributed by atoms with Crippen molar-refractivity contribution in [2.45, 2.75) is 0 Å². The molecule has 0 radical (unpaired) electrons. The van der Waals surface area contributed by atoms with E-state index in [1.807, 2.05) is 0 Å². The zero-order valence-electron chi connectivity index (χ0n) is 10.3. The van der Waals surface area contributed by atoms with Gasteiger partial charge in [-0.1, -0.05) is 29.3 Å². The predicted molar refractivity (Wildman–Crippen MR) is 81.7 cm³/mol. The number of hydrogen-bond acceptors (Lipinski definition) is 3. The molecule has 0 atom stereocenters. The van der Waals surface area contributed by atoms with Gasteiger partial charge in [0.1, 0.15) is 5.75 Å². The molecule has 0 unspecified atom stereocenters. The molecule has 0 aliphatic carbocycles. The summed E-state index contributed by atoms with van der Waals surface area (Å²) >= 11 is 11.6. The third kappa shape index (κ3) is 3.76. The molecule has 0 saturated heterocycles. The second kappa shape index (κ2) is 6.46. The Morgan fingerprint density at radius 2 is 1.90 bits per heavy atom. The number of rotatable bonds is 4. The van der Waals surface area contributed by atoms with E-state index in [0.717, 1.165) is 0 Å². The van der Waals surface area contributed by atoms with Gasteiger partial charge >= 0.3 is 0 Å². The summed E-state index contributed by atoms with van der Waals surface area (Å²) in [6, 6.07) is 11.3. The first-order valence-corrected chi connectivity index (χ1v) is 6.53. The van der Waals surface area contributed by atoms with Crippen LogP contribution in [0.15, 0.2) is 54.7 Å². The van der Waals surface area contributed by atoms with E-state index in [4.69, 9.17) is 23.2 Å². The highest BCUT2D eigenvalue weighted by Gasteiger charge is 2.04. The Labute approximate surface area is 126 Å². The summed E-state index contributed by atoms with van der Waals surface area (Å²) in [4.78, 5) is 11.9. The molecule has 0 fully saturated rings. The number of benzene rings is 2. The van der Waals surface area contributed by atoms with Gasteiger partial charge in [0, 0.05) is 29.6 Å². The number of aromatic hydroxyl groups is 1. The normalized spacial score (nSPS) is 10.7. The van der Waals surface area contributed by atoms with Gasteiger partial charge in [0.25, 0.3) is 0 Å². The first kappa shape index (κ1) is 14.4. The fourth-order valence-electron chi connectivity index (χ4n) is 1.55. The van der Waals surface area contributed by atoms with E-state index in [-0.39, 0.29) is 11.5 Å². The van der Waals surface area contributed by atoms with Gasteiger partial charge in [-0.15, -0.1) is 0 Å². The fraction of sp³-hybridized carbons (Fsp3) is 0. The van der Waals surface area contributed by atoms with Crippen molar-refractivity contribution < 1.29 is 9.90 Å². The second-order valence-electron chi connectivity index (χ2n) is 4.02. The number of anilines is 1. The van der Waals surface area contributed by atoms with E-state index >= 15 is 0 Å². The molecule has 0 aromatic heterocycles. The Hall–Kier alpha value is -1.97. The average molecular weight is 308 g/mol. The standard InChI is InChI=1S/C15H11Cl2NO2/c16-13-5-4-10(8-14(13)17)15(20)6-7-18-11-2-1-3-12(19)9-11/h1-9,18-19H. The first-order chi connectivity index (χ1) is 9.56. The maximum atomic E-state index is 11.9. The van der Waals surface area contributed by atoms with Crippen LogP contribution in [0.2, 0.25) is 10.0 Å². The minimum Gasteiger partial charge on any atom is -0.508 e. The molecule has 2 rings (SSSR count). The monoisotopic (exact) mass is 307 g/mol. The minimum atomic E-state index is -0.198. The fourth-order valence-corrected chi connectivity index (χ4v) is 1.85. The Balaban J connectivity index is 2.04. The highest BCUT2D eigenvalue weighted by molar-refractivity contribution is 6.42. The molecule has 0 amide bonds. The summed E-state index contributed by atoms with van der Waals surface area (Å²) in [6.07, 6.45) is 2.88. The van der Waals surface area contributed by atoms with E-state index in [1.165, 1.54) is 18.3 Å². The van der Waals surface area contributed by atoms with Gasteiger partial charge in [0.15, 0.2) is 5.78 Å². The molecule has 20 heavy (non-hydrogen) atoms. The average Bonchev–Trinajstić information content (AvgIpc) is 2.42. The topological polar surface area (TPSA) is 49.3 Å². The Morgan fingerprint density at radius 1 is 1.10 bits per heavy atom. The number of halogens is 2. The van der Waals surface area contributed by atoms with Gasteiger partial charge in [0.05, 0.1) is 10.0 Å². The van der Waals surface area contributed by atoms with Crippen LogP contribution in [0.4, 0.5) is 5.69 Å². The van der Waals surface area contributed by atoms with Gasteiger partial charge in [-0.05, 0) is 30.3 Å². The summed E-state index contributed by atoms with van der Waals surface area (Å²) < 4.78 is 0. The molecule has 5 heteroatoms. The number of hydrogen-bond donors (Lipinski definition) is 2. The molecular formula is C15H11Cl2NO2. The van der Waals surface area contributed by atoms with E-state index in [9.17, 15) is 9.90 Å². The van der Waals surface area contributed by atoms with Crippen molar-refractivity contribution in [3.63, 3.8) is 0 Å². The molecule has 0 spiro atoms. The molecule has 2 N–H and O–H groups in total. The van der Waals surface area contributed by atoms with Gasteiger partial charge in [-0.2, -0.15) is 0 Å². The molecule has 0 bridgehead atoms. The maximum Gasteiger partial charge on any atom is 0.187 e. The number of allylic oxidation sites excluding steroid dienone is 1. The number of nitrogens with one attached hydrogen (secondary N) is 1. The molecule has 102 valence electrons. The van der Waals surface area contributed by atoms with Crippen molar-refractivity contribution in [2.75, 3.05) is 5.32 Å². The van der Waals surface area contributed by atoms with Gasteiger partial charge < -0.3 is 10.4 Å². The lowest BCUT2D eigenvalue weighted by atomic mass is 10.1. The molecule has 2 aromatic rings. The number of phenolic OH excluding ortho intramolecular Hbond substituents is 1. The van der Waals surface area contributed by atoms with Gasteiger partial charge in [-0.3, -0.25) is 4.79 Å². The van der Waals surface area contributed by atoms with E-state index in [1.54, 1.807) is 36.4 Å². The highest BCUT2D eigenvalue weighted by Crippen LogP contribution is 2.23. The first-order valence-electron chi connectivity index (χ1n) is 5.78. The summed E-state index contributed by atoms with van der Waals surface area (Å²) in [5, 5.41) is 12.9. The summed E-state index contributed by atoms with van der Waals surface area (Å²) in [6.45, 7) is 0. The summed E-state index contributed by atoms with van der Waals surface area (Å²) in [7, 11) is 0. The van der Waals surface area contributed by atoms with E-state index < -0.39 is 0 Å². The van der Waals surface area contributed by atoms with Crippen molar-refractivity contribution in [3.8, 4) is 5.75 Å². The van der Waals surface area contributed by atoms with Crippen LogP contribution in [0.1, 0.15) is 10.4 Å². The third-order valence-corrected chi connectivity index (χ3v) is 3.27. The zero-order valence-corrected chi connectivity index (χ0v) is 11.8. The number of ketones is 1. The summed E-state index contributed by atoms with van der Waals surface area (Å²) in [5.74, 6) is -0.0459.